The molecule has 2 aliphatic carbocycles. The van der Waals surface area contributed by atoms with E-state index in [-0.39, 0.29) is 10.8 Å². The molecule has 8 aromatic carbocycles. The maximum atomic E-state index is 2.47. The van der Waals surface area contributed by atoms with Crippen molar-refractivity contribution in [1.82, 2.24) is 0 Å². The van der Waals surface area contributed by atoms with Gasteiger partial charge in [0.25, 0.3) is 0 Å². The van der Waals surface area contributed by atoms with E-state index < -0.39 is 0 Å². The third-order valence-corrected chi connectivity index (χ3v) is 13.7. The molecule has 0 bridgehead atoms. The van der Waals surface area contributed by atoms with E-state index in [2.05, 4.69) is 208 Å². The van der Waals surface area contributed by atoms with Gasteiger partial charge in [-0.05, 0) is 117 Å². The van der Waals surface area contributed by atoms with Gasteiger partial charge in [-0.25, -0.2) is 0 Å². The normalized spacial score (nSPS) is 14.4. The summed E-state index contributed by atoms with van der Waals surface area (Å²) in [5.74, 6) is 0. The second-order valence-electron chi connectivity index (χ2n) is 15.9. The van der Waals surface area contributed by atoms with Crippen LogP contribution in [0, 0.1) is 0 Å². The zero-order valence-electron chi connectivity index (χ0n) is 31.2. The highest BCUT2D eigenvalue weighted by molar-refractivity contribution is 7.25. The maximum absolute atomic E-state index is 2.47. The van der Waals surface area contributed by atoms with Crippen LogP contribution in [0.1, 0.15) is 48.6 Å². The van der Waals surface area contributed by atoms with Crippen LogP contribution in [0.15, 0.2) is 182 Å². The van der Waals surface area contributed by atoms with Crippen LogP contribution in [-0.2, 0) is 10.8 Å². The molecule has 0 radical (unpaired) electrons. The molecule has 9 aromatic rings. The van der Waals surface area contributed by atoms with Gasteiger partial charge >= 0.3 is 0 Å². The first-order chi connectivity index (χ1) is 26.9. The molecule has 0 spiro atoms. The van der Waals surface area contributed by atoms with Crippen LogP contribution in [0.2, 0.25) is 0 Å². The zero-order chi connectivity index (χ0) is 36.9. The standard InChI is InChI=1S/C53H39NS/c1-52(2)46-18-10-7-15-40(46)43-28-26-38(32-49(43)52)54(37-24-21-35(22-25-37)34-13-5-4-6-14-34)39-27-29-44-45-31-36(23-30-50(45)55-51(44)33-39)53(3)47-19-11-8-16-41(47)42-17-9-12-20-48(42)53/h4-33H,1-3H3. The Bertz CT molecular complexity index is 2920. The molecular formula is C53H39NS. The van der Waals surface area contributed by atoms with E-state index in [9.17, 15) is 0 Å². The topological polar surface area (TPSA) is 3.24 Å². The fourth-order valence-corrected chi connectivity index (χ4v) is 10.8. The largest absolute Gasteiger partial charge is 0.310 e. The van der Waals surface area contributed by atoms with Gasteiger partial charge in [-0.3, -0.25) is 0 Å². The minimum Gasteiger partial charge on any atom is -0.310 e. The quantitative estimate of drug-likeness (QED) is 0.171. The summed E-state index contributed by atoms with van der Waals surface area (Å²) >= 11 is 1.89. The third-order valence-electron chi connectivity index (χ3n) is 12.6. The van der Waals surface area contributed by atoms with Gasteiger partial charge in [0, 0.05) is 48.1 Å². The Labute approximate surface area is 326 Å². The third kappa shape index (κ3) is 4.71. The molecule has 55 heavy (non-hydrogen) atoms. The Morgan fingerprint density at radius 1 is 0.382 bits per heavy atom. The number of hydrogen-bond donors (Lipinski definition) is 0. The monoisotopic (exact) mass is 721 g/mol. The van der Waals surface area contributed by atoms with E-state index in [1.165, 1.54) is 87.1 Å². The van der Waals surface area contributed by atoms with Gasteiger partial charge in [-0.1, -0.05) is 147 Å². The van der Waals surface area contributed by atoms with Gasteiger partial charge in [-0.15, -0.1) is 11.3 Å². The van der Waals surface area contributed by atoms with Gasteiger partial charge in [0.05, 0.1) is 0 Å². The van der Waals surface area contributed by atoms with Crippen molar-refractivity contribution in [2.45, 2.75) is 31.6 Å². The highest BCUT2D eigenvalue weighted by atomic mass is 32.1. The molecule has 1 heterocycles. The molecule has 1 nitrogen and oxygen atoms in total. The van der Waals surface area contributed by atoms with E-state index in [0.29, 0.717) is 0 Å². The summed E-state index contributed by atoms with van der Waals surface area (Å²) in [6.45, 7) is 7.13. The lowest BCUT2D eigenvalue weighted by atomic mass is 9.74. The molecule has 0 saturated carbocycles. The van der Waals surface area contributed by atoms with Crippen molar-refractivity contribution in [3.05, 3.63) is 210 Å². The van der Waals surface area contributed by atoms with Crippen LogP contribution < -0.4 is 4.90 Å². The van der Waals surface area contributed by atoms with Gasteiger partial charge in [0.1, 0.15) is 0 Å². The van der Waals surface area contributed by atoms with E-state index in [4.69, 9.17) is 0 Å². The number of hydrogen-bond acceptors (Lipinski definition) is 2. The van der Waals surface area contributed by atoms with Crippen LogP contribution in [0.4, 0.5) is 17.1 Å². The predicted octanol–water partition coefficient (Wildman–Crippen LogP) is 14.8. The molecule has 0 N–H and O–H groups in total. The molecule has 0 amide bonds. The molecule has 2 heteroatoms. The van der Waals surface area contributed by atoms with Gasteiger partial charge in [0.2, 0.25) is 0 Å². The smallest absolute Gasteiger partial charge is 0.0476 e. The van der Waals surface area contributed by atoms with Gasteiger partial charge in [-0.2, -0.15) is 0 Å². The second kappa shape index (κ2) is 11.9. The Hall–Kier alpha value is -6.22. The molecule has 1 aromatic heterocycles. The summed E-state index contributed by atoms with van der Waals surface area (Å²) < 4.78 is 2.61. The molecule has 0 atom stereocenters. The Kier molecular flexibility index (Phi) is 6.97. The molecule has 262 valence electrons. The minimum absolute atomic E-state index is 0.0884. The van der Waals surface area contributed by atoms with Gasteiger partial charge < -0.3 is 4.90 Å². The van der Waals surface area contributed by atoms with Crippen LogP contribution in [0.3, 0.4) is 0 Å². The minimum atomic E-state index is -0.223. The van der Waals surface area contributed by atoms with Crippen LogP contribution in [-0.4, -0.2) is 0 Å². The number of fused-ring (bicyclic) bond motifs is 9. The number of rotatable bonds is 5. The molecule has 11 rings (SSSR count). The van der Waals surface area contributed by atoms with E-state index in [1.54, 1.807) is 0 Å². The first kappa shape index (κ1) is 32.2. The van der Waals surface area contributed by atoms with E-state index >= 15 is 0 Å². The van der Waals surface area contributed by atoms with Gasteiger partial charge in [0.15, 0.2) is 0 Å². The Morgan fingerprint density at radius 3 is 1.64 bits per heavy atom. The van der Waals surface area contributed by atoms with Crippen molar-refractivity contribution in [1.29, 1.82) is 0 Å². The molecular weight excluding hydrogens is 683 g/mol. The summed E-state index contributed by atoms with van der Waals surface area (Å²) in [4.78, 5) is 2.44. The van der Waals surface area contributed by atoms with E-state index in [0.717, 1.165) is 11.4 Å². The van der Waals surface area contributed by atoms with Crippen molar-refractivity contribution < 1.29 is 0 Å². The Morgan fingerprint density at radius 2 is 0.927 bits per heavy atom. The van der Waals surface area contributed by atoms with Crippen LogP contribution in [0.5, 0.6) is 0 Å². The average molecular weight is 722 g/mol. The summed E-state index contributed by atoms with van der Waals surface area (Å²) in [7, 11) is 0. The number of anilines is 3. The van der Waals surface area contributed by atoms with Crippen molar-refractivity contribution in [2.75, 3.05) is 4.90 Å². The first-order valence-corrected chi connectivity index (χ1v) is 20.1. The molecule has 0 fully saturated rings. The first-order valence-electron chi connectivity index (χ1n) is 19.3. The maximum Gasteiger partial charge on any atom is 0.0476 e. The number of thiophene rings is 1. The molecule has 0 saturated heterocycles. The van der Waals surface area contributed by atoms with Crippen LogP contribution in [0.25, 0.3) is 53.6 Å². The SMILES string of the molecule is CC1(C)c2ccccc2-c2ccc(N(c3ccc(-c4ccccc4)cc3)c3ccc4c(c3)sc3ccc(C5(C)c6ccccc6-c6ccccc65)cc34)cc21. The second-order valence-corrected chi connectivity index (χ2v) is 16.9. The van der Waals surface area contributed by atoms with E-state index in [1.807, 2.05) is 11.3 Å². The summed E-state index contributed by atoms with van der Waals surface area (Å²) in [5, 5.41) is 2.63. The highest BCUT2D eigenvalue weighted by Gasteiger charge is 2.40. The summed E-state index contributed by atoms with van der Waals surface area (Å²) in [6, 6.07) is 67.8. The van der Waals surface area contributed by atoms with Crippen molar-refractivity contribution >= 4 is 48.6 Å². The summed E-state index contributed by atoms with van der Waals surface area (Å²) in [5.41, 5.74) is 17.8. The van der Waals surface area contributed by atoms with Crippen molar-refractivity contribution in [3.63, 3.8) is 0 Å². The lowest BCUT2D eigenvalue weighted by Crippen LogP contribution is -2.22. The van der Waals surface area contributed by atoms with Crippen molar-refractivity contribution in [3.8, 4) is 33.4 Å². The summed E-state index contributed by atoms with van der Waals surface area (Å²) in [6.07, 6.45) is 0. The average Bonchev–Trinajstić information content (AvgIpc) is 3.81. The lowest BCUT2D eigenvalue weighted by molar-refractivity contribution is 0.660. The molecule has 0 aliphatic heterocycles. The van der Waals surface area contributed by atoms with Crippen molar-refractivity contribution in [2.24, 2.45) is 0 Å². The fraction of sp³-hybridized carbons (Fsp3) is 0.0943. The molecule has 0 unspecified atom stereocenters. The fourth-order valence-electron chi connectivity index (χ4n) is 9.69. The Balaban J connectivity index is 1.05. The zero-order valence-corrected chi connectivity index (χ0v) is 32.0. The number of benzene rings is 8. The number of nitrogens with zero attached hydrogens (tertiary/aromatic N) is 1. The van der Waals surface area contributed by atoms with Crippen LogP contribution >= 0.6 is 11.3 Å². The molecule has 2 aliphatic rings. The highest BCUT2D eigenvalue weighted by Crippen LogP contribution is 2.54. The predicted molar refractivity (Wildman–Crippen MR) is 234 cm³/mol. The lowest BCUT2D eigenvalue weighted by Gasteiger charge is -2.28.